The van der Waals surface area contributed by atoms with Crippen LogP contribution in [0.25, 0.3) is 0 Å². The van der Waals surface area contributed by atoms with Crippen molar-refractivity contribution in [2.24, 2.45) is 5.41 Å². The zero-order valence-corrected chi connectivity index (χ0v) is 12.0. The number of nitro groups is 1. The smallest absolute Gasteiger partial charge is 0.305 e. The van der Waals surface area contributed by atoms with Crippen LogP contribution in [0.4, 0.5) is 10.1 Å². The summed E-state index contributed by atoms with van der Waals surface area (Å²) in [5, 5.41) is 23.3. The van der Waals surface area contributed by atoms with Gasteiger partial charge in [0.15, 0.2) is 0 Å². The van der Waals surface area contributed by atoms with E-state index in [1.807, 2.05) is 20.8 Å². The van der Waals surface area contributed by atoms with Gasteiger partial charge in [0.05, 0.1) is 11.0 Å². The molecular formula is C14H21FN2O3. The van der Waals surface area contributed by atoms with Gasteiger partial charge in [-0.25, -0.2) is 0 Å². The van der Waals surface area contributed by atoms with E-state index < -0.39 is 22.5 Å². The number of halogens is 1. The summed E-state index contributed by atoms with van der Waals surface area (Å²) in [7, 11) is 0. The number of aliphatic hydroxyl groups is 1. The third-order valence-corrected chi connectivity index (χ3v) is 2.80. The van der Waals surface area contributed by atoms with Gasteiger partial charge in [-0.3, -0.25) is 10.1 Å². The Labute approximate surface area is 118 Å². The maximum absolute atomic E-state index is 13.8. The van der Waals surface area contributed by atoms with E-state index in [-0.39, 0.29) is 17.5 Å². The van der Waals surface area contributed by atoms with Gasteiger partial charge < -0.3 is 10.4 Å². The molecule has 0 amide bonds. The summed E-state index contributed by atoms with van der Waals surface area (Å²) < 4.78 is 13.8. The third-order valence-electron chi connectivity index (χ3n) is 2.80. The Balaban J connectivity index is 2.55. The predicted molar refractivity (Wildman–Crippen MR) is 74.8 cm³/mol. The summed E-state index contributed by atoms with van der Waals surface area (Å²) in [6.07, 6.45) is 0.0917. The van der Waals surface area contributed by atoms with Gasteiger partial charge in [0.1, 0.15) is 0 Å². The van der Waals surface area contributed by atoms with Crippen molar-refractivity contribution in [3.05, 3.63) is 39.7 Å². The number of rotatable bonds is 6. The molecule has 1 aromatic rings. The molecule has 2 N–H and O–H groups in total. The zero-order valence-electron chi connectivity index (χ0n) is 12.0. The van der Waals surface area contributed by atoms with Crippen LogP contribution in [0.1, 0.15) is 32.8 Å². The molecule has 0 aliphatic rings. The van der Waals surface area contributed by atoms with Crippen LogP contribution in [0.15, 0.2) is 18.2 Å². The van der Waals surface area contributed by atoms with Crippen LogP contribution in [0.2, 0.25) is 0 Å². The Morgan fingerprint density at radius 1 is 1.45 bits per heavy atom. The van der Waals surface area contributed by atoms with Crippen LogP contribution in [-0.4, -0.2) is 22.7 Å². The first-order chi connectivity index (χ1) is 9.20. The van der Waals surface area contributed by atoms with Gasteiger partial charge in [-0.2, -0.15) is 4.39 Å². The third kappa shape index (κ3) is 5.22. The second-order valence-corrected chi connectivity index (χ2v) is 6.06. The Hall–Kier alpha value is -1.53. The molecule has 0 radical (unpaired) electrons. The van der Waals surface area contributed by atoms with Crippen LogP contribution in [0.5, 0.6) is 0 Å². The lowest BCUT2D eigenvalue weighted by Gasteiger charge is -2.22. The molecule has 1 atom stereocenters. The van der Waals surface area contributed by atoms with Gasteiger partial charge in [0.2, 0.25) is 5.82 Å². The lowest BCUT2D eigenvalue weighted by atomic mass is 9.89. The molecule has 0 bridgehead atoms. The first-order valence-corrected chi connectivity index (χ1v) is 6.51. The fourth-order valence-electron chi connectivity index (χ4n) is 2.00. The lowest BCUT2D eigenvalue weighted by Crippen LogP contribution is -2.30. The highest BCUT2D eigenvalue weighted by Gasteiger charge is 2.18. The van der Waals surface area contributed by atoms with Gasteiger partial charge in [0.25, 0.3) is 0 Å². The minimum atomic E-state index is -0.824. The van der Waals surface area contributed by atoms with Crippen molar-refractivity contribution in [2.75, 3.05) is 6.54 Å². The lowest BCUT2D eigenvalue weighted by molar-refractivity contribution is -0.387. The van der Waals surface area contributed by atoms with Crippen molar-refractivity contribution < 1.29 is 14.4 Å². The molecule has 20 heavy (non-hydrogen) atoms. The highest BCUT2D eigenvalue weighted by molar-refractivity contribution is 5.36. The summed E-state index contributed by atoms with van der Waals surface area (Å²) in [6.45, 7) is 6.54. The minimum absolute atomic E-state index is 0.0118. The van der Waals surface area contributed by atoms with Gasteiger partial charge in [0, 0.05) is 24.7 Å². The molecule has 1 unspecified atom stereocenters. The van der Waals surface area contributed by atoms with Gasteiger partial charge >= 0.3 is 5.69 Å². The molecule has 5 nitrogen and oxygen atoms in total. The summed E-state index contributed by atoms with van der Waals surface area (Å²) >= 11 is 0. The average molecular weight is 284 g/mol. The van der Waals surface area contributed by atoms with Gasteiger partial charge in [-0.15, -0.1) is 0 Å². The Morgan fingerprint density at radius 3 is 2.65 bits per heavy atom. The molecule has 0 saturated carbocycles. The van der Waals surface area contributed by atoms with Crippen molar-refractivity contribution in [3.63, 3.8) is 0 Å². The maximum Gasteiger partial charge on any atom is 0.305 e. The predicted octanol–water partition coefficient (Wildman–Crippen LogP) is 2.62. The fourth-order valence-corrected chi connectivity index (χ4v) is 2.00. The van der Waals surface area contributed by atoms with Crippen molar-refractivity contribution in [1.82, 2.24) is 5.32 Å². The second-order valence-electron chi connectivity index (χ2n) is 6.06. The summed E-state index contributed by atoms with van der Waals surface area (Å²) in [5.41, 5.74) is -0.292. The van der Waals surface area contributed by atoms with E-state index in [9.17, 15) is 19.6 Å². The number of benzene rings is 1. The van der Waals surface area contributed by atoms with Crippen molar-refractivity contribution >= 4 is 5.69 Å². The Morgan fingerprint density at radius 2 is 2.10 bits per heavy atom. The van der Waals surface area contributed by atoms with E-state index in [4.69, 9.17) is 0 Å². The average Bonchev–Trinajstić information content (AvgIpc) is 2.28. The van der Waals surface area contributed by atoms with Crippen LogP contribution >= 0.6 is 0 Å². The van der Waals surface area contributed by atoms with Crippen LogP contribution in [-0.2, 0) is 6.54 Å². The quantitative estimate of drug-likeness (QED) is 0.622. The standard InChI is InChI=1S/C14H21FN2O3/c1-14(2,3)7-11(18)9-16-8-10-5-4-6-12(13(10)15)17(19)20/h4-6,11,16,18H,7-9H2,1-3H3. The largest absolute Gasteiger partial charge is 0.392 e. The van der Waals surface area contributed by atoms with Gasteiger partial charge in [-0.1, -0.05) is 32.9 Å². The number of hydrogen-bond donors (Lipinski definition) is 2. The molecule has 0 aliphatic carbocycles. The fraction of sp³-hybridized carbons (Fsp3) is 0.571. The maximum atomic E-state index is 13.8. The molecule has 0 spiro atoms. The molecule has 0 heterocycles. The molecule has 6 heteroatoms. The second kappa shape index (κ2) is 6.76. The molecule has 1 aromatic carbocycles. The van der Waals surface area contributed by atoms with E-state index in [2.05, 4.69) is 5.32 Å². The first kappa shape index (κ1) is 16.5. The molecule has 112 valence electrons. The summed E-state index contributed by atoms with van der Waals surface area (Å²) in [6, 6.07) is 4.07. The molecule has 0 saturated heterocycles. The minimum Gasteiger partial charge on any atom is -0.392 e. The molecule has 1 rings (SSSR count). The summed E-state index contributed by atoms with van der Waals surface area (Å²) in [4.78, 5) is 9.88. The number of aliphatic hydroxyl groups excluding tert-OH is 1. The SMILES string of the molecule is CC(C)(C)CC(O)CNCc1cccc([N+](=O)[O-])c1F. The van der Waals surface area contributed by atoms with E-state index in [1.165, 1.54) is 12.1 Å². The zero-order chi connectivity index (χ0) is 15.3. The Kier molecular flexibility index (Phi) is 5.59. The normalized spacial score (nSPS) is 13.2. The Bertz CT molecular complexity index is 472. The van der Waals surface area contributed by atoms with E-state index in [0.717, 1.165) is 6.07 Å². The summed E-state index contributed by atoms with van der Waals surface area (Å²) in [5.74, 6) is -0.824. The monoisotopic (exact) mass is 284 g/mol. The highest BCUT2D eigenvalue weighted by Crippen LogP contribution is 2.21. The number of hydrogen-bond acceptors (Lipinski definition) is 4. The van der Waals surface area contributed by atoms with E-state index in [1.54, 1.807) is 0 Å². The number of nitrogens with one attached hydrogen (secondary N) is 1. The topological polar surface area (TPSA) is 75.4 Å². The van der Waals surface area contributed by atoms with Crippen LogP contribution < -0.4 is 5.32 Å². The molecule has 0 fully saturated rings. The molecular weight excluding hydrogens is 263 g/mol. The van der Waals surface area contributed by atoms with Crippen LogP contribution in [0.3, 0.4) is 0 Å². The highest BCUT2D eigenvalue weighted by atomic mass is 19.1. The van der Waals surface area contributed by atoms with E-state index in [0.29, 0.717) is 13.0 Å². The van der Waals surface area contributed by atoms with Crippen molar-refractivity contribution in [1.29, 1.82) is 0 Å². The van der Waals surface area contributed by atoms with Crippen molar-refractivity contribution in [3.8, 4) is 0 Å². The van der Waals surface area contributed by atoms with Gasteiger partial charge in [-0.05, 0) is 11.8 Å². The molecule has 0 aromatic heterocycles. The number of nitrogens with zero attached hydrogens (tertiary/aromatic N) is 1. The molecule has 0 aliphatic heterocycles. The van der Waals surface area contributed by atoms with Crippen LogP contribution in [0, 0.1) is 21.3 Å². The number of nitro benzene ring substituents is 1. The van der Waals surface area contributed by atoms with Crippen molar-refractivity contribution in [2.45, 2.75) is 39.8 Å². The first-order valence-electron chi connectivity index (χ1n) is 6.51. The van der Waals surface area contributed by atoms with E-state index >= 15 is 0 Å².